The summed E-state index contributed by atoms with van der Waals surface area (Å²) in [6.07, 6.45) is 12.0. The molecule has 0 amide bonds. The quantitative estimate of drug-likeness (QED) is 0.527. The van der Waals surface area contributed by atoms with Crippen LogP contribution in [0.25, 0.3) is 0 Å². The van der Waals surface area contributed by atoms with Gasteiger partial charge in [-0.2, -0.15) is 0 Å². The standard InChI is InChI=1S/C18H34/c1-5-7-8-15-10-17(11-15)18-12-16(14(18)4)9-13(3)6-2/h13-18H,5-12H2,1-4H3. The first-order chi connectivity index (χ1) is 8.65. The zero-order valence-corrected chi connectivity index (χ0v) is 13.1. The van der Waals surface area contributed by atoms with Crippen molar-refractivity contribution < 1.29 is 0 Å². The molecule has 106 valence electrons. The molecule has 0 aromatic carbocycles. The molecule has 0 heterocycles. The van der Waals surface area contributed by atoms with Crippen LogP contribution in [0.2, 0.25) is 0 Å². The second-order valence-electron chi connectivity index (χ2n) is 7.51. The van der Waals surface area contributed by atoms with Crippen molar-refractivity contribution in [3.05, 3.63) is 0 Å². The van der Waals surface area contributed by atoms with E-state index in [-0.39, 0.29) is 0 Å². The zero-order chi connectivity index (χ0) is 13.1. The first kappa shape index (κ1) is 14.4. The van der Waals surface area contributed by atoms with E-state index in [1.807, 2.05) is 0 Å². The highest BCUT2D eigenvalue weighted by Crippen LogP contribution is 2.54. The van der Waals surface area contributed by atoms with E-state index in [9.17, 15) is 0 Å². The number of hydrogen-bond acceptors (Lipinski definition) is 0. The fourth-order valence-electron chi connectivity index (χ4n) is 4.41. The molecule has 0 nitrogen and oxygen atoms in total. The first-order valence-corrected chi connectivity index (χ1v) is 8.65. The van der Waals surface area contributed by atoms with Crippen molar-refractivity contribution in [3.8, 4) is 0 Å². The molecule has 0 saturated heterocycles. The smallest absolute Gasteiger partial charge is 0.0354 e. The number of rotatable bonds is 7. The fraction of sp³-hybridized carbons (Fsp3) is 1.00. The van der Waals surface area contributed by atoms with E-state index in [1.165, 1.54) is 32.1 Å². The van der Waals surface area contributed by atoms with Gasteiger partial charge in [-0.15, -0.1) is 0 Å². The molecule has 2 rings (SSSR count). The molecule has 0 spiro atoms. The summed E-state index contributed by atoms with van der Waals surface area (Å²) in [7, 11) is 0. The Hall–Kier alpha value is 0. The van der Waals surface area contributed by atoms with Crippen molar-refractivity contribution in [1.82, 2.24) is 0 Å². The molecule has 0 aliphatic heterocycles. The minimum Gasteiger partial charge on any atom is -0.0654 e. The van der Waals surface area contributed by atoms with E-state index < -0.39 is 0 Å². The summed E-state index contributed by atoms with van der Waals surface area (Å²) in [6.45, 7) is 9.64. The normalized spacial score (nSPS) is 41.0. The van der Waals surface area contributed by atoms with Crippen molar-refractivity contribution in [3.63, 3.8) is 0 Å². The molecule has 2 aliphatic rings. The van der Waals surface area contributed by atoms with Gasteiger partial charge in [0.2, 0.25) is 0 Å². The Balaban J connectivity index is 1.63. The van der Waals surface area contributed by atoms with Crippen LogP contribution in [0.4, 0.5) is 0 Å². The average Bonchev–Trinajstić information content (AvgIpc) is 2.33. The molecule has 0 bridgehead atoms. The second-order valence-corrected chi connectivity index (χ2v) is 7.51. The minimum atomic E-state index is 0.956. The second kappa shape index (κ2) is 6.44. The summed E-state index contributed by atoms with van der Waals surface area (Å²) in [5.74, 6) is 6.40. The van der Waals surface area contributed by atoms with Crippen LogP contribution in [0.3, 0.4) is 0 Å². The maximum absolute atomic E-state index is 2.54. The van der Waals surface area contributed by atoms with E-state index in [0.29, 0.717) is 0 Å². The van der Waals surface area contributed by atoms with E-state index in [4.69, 9.17) is 0 Å². The molecule has 0 heteroatoms. The van der Waals surface area contributed by atoms with Crippen molar-refractivity contribution >= 4 is 0 Å². The van der Waals surface area contributed by atoms with Crippen molar-refractivity contribution in [1.29, 1.82) is 0 Å². The van der Waals surface area contributed by atoms with Gasteiger partial charge in [0.25, 0.3) is 0 Å². The monoisotopic (exact) mass is 250 g/mol. The number of hydrogen-bond donors (Lipinski definition) is 0. The average molecular weight is 250 g/mol. The third-order valence-electron chi connectivity index (χ3n) is 6.24. The lowest BCUT2D eigenvalue weighted by atomic mass is 9.52. The molecular weight excluding hydrogens is 216 g/mol. The Bertz CT molecular complexity index is 238. The highest BCUT2D eigenvalue weighted by atomic mass is 14.5. The lowest BCUT2D eigenvalue weighted by Crippen LogP contribution is -2.44. The van der Waals surface area contributed by atoms with Crippen LogP contribution in [0.1, 0.15) is 79.1 Å². The Morgan fingerprint density at radius 1 is 1.11 bits per heavy atom. The van der Waals surface area contributed by atoms with Crippen molar-refractivity contribution in [2.75, 3.05) is 0 Å². The molecule has 2 saturated carbocycles. The first-order valence-electron chi connectivity index (χ1n) is 8.65. The third kappa shape index (κ3) is 3.11. The maximum atomic E-state index is 2.54. The van der Waals surface area contributed by atoms with Crippen LogP contribution >= 0.6 is 0 Å². The van der Waals surface area contributed by atoms with Gasteiger partial charge in [0.15, 0.2) is 0 Å². The molecule has 0 radical (unpaired) electrons. The lowest BCUT2D eigenvalue weighted by Gasteiger charge is -2.53. The van der Waals surface area contributed by atoms with Gasteiger partial charge in [-0.1, -0.05) is 53.4 Å². The van der Waals surface area contributed by atoms with Crippen molar-refractivity contribution in [2.24, 2.45) is 35.5 Å². The molecule has 4 unspecified atom stereocenters. The fourth-order valence-corrected chi connectivity index (χ4v) is 4.41. The molecular formula is C18H34. The Morgan fingerprint density at radius 3 is 2.39 bits per heavy atom. The third-order valence-corrected chi connectivity index (χ3v) is 6.24. The van der Waals surface area contributed by atoms with Gasteiger partial charge in [-0.3, -0.25) is 0 Å². The van der Waals surface area contributed by atoms with Gasteiger partial charge in [0.05, 0.1) is 0 Å². The minimum absolute atomic E-state index is 0.956. The van der Waals surface area contributed by atoms with Crippen LogP contribution in [-0.4, -0.2) is 0 Å². The molecule has 2 aliphatic carbocycles. The molecule has 0 aromatic rings. The van der Waals surface area contributed by atoms with E-state index in [1.54, 1.807) is 19.3 Å². The van der Waals surface area contributed by atoms with E-state index >= 15 is 0 Å². The van der Waals surface area contributed by atoms with Crippen LogP contribution in [0, 0.1) is 35.5 Å². The molecule has 0 aromatic heterocycles. The SMILES string of the molecule is CCCCC1CC(C2CC(CC(C)CC)C2C)C1. The highest BCUT2D eigenvalue weighted by molar-refractivity contribution is 4.95. The largest absolute Gasteiger partial charge is 0.0654 e. The van der Waals surface area contributed by atoms with Crippen LogP contribution in [-0.2, 0) is 0 Å². The van der Waals surface area contributed by atoms with Gasteiger partial charge in [0.1, 0.15) is 0 Å². The van der Waals surface area contributed by atoms with Gasteiger partial charge < -0.3 is 0 Å². The van der Waals surface area contributed by atoms with Gasteiger partial charge in [0, 0.05) is 0 Å². The summed E-state index contributed by atoms with van der Waals surface area (Å²) in [4.78, 5) is 0. The Kier molecular flexibility index (Phi) is 5.15. The molecule has 18 heavy (non-hydrogen) atoms. The summed E-state index contributed by atoms with van der Waals surface area (Å²) in [6, 6.07) is 0. The van der Waals surface area contributed by atoms with Crippen LogP contribution in [0.5, 0.6) is 0 Å². The summed E-state index contributed by atoms with van der Waals surface area (Å²) >= 11 is 0. The van der Waals surface area contributed by atoms with Crippen LogP contribution in [0.15, 0.2) is 0 Å². The molecule has 2 fully saturated rings. The lowest BCUT2D eigenvalue weighted by molar-refractivity contribution is -0.0312. The number of unbranched alkanes of at least 4 members (excludes halogenated alkanes) is 1. The van der Waals surface area contributed by atoms with E-state index in [2.05, 4.69) is 27.7 Å². The summed E-state index contributed by atoms with van der Waals surface area (Å²) < 4.78 is 0. The van der Waals surface area contributed by atoms with Gasteiger partial charge in [-0.05, 0) is 61.2 Å². The van der Waals surface area contributed by atoms with Gasteiger partial charge >= 0.3 is 0 Å². The Labute approximate surface area is 115 Å². The zero-order valence-electron chi connectivity index (χ0n) is 13.1. The predicted octanol–water partition coefficient (Wildman–Crippen LogP) is 5.91. The highest BCUT2D eigenvalue weighted by Gasteiger charge is 2.45. The maximum Gasteiger partial charge on any atom is -0.0354 e. The molecule has 4 atom stereocenters. The van der Waals surface area contributed by atoms with Crippen molar-refractivity contribution in [2.45, 2.75) is 79.1 Å². The van der Waals surface area contributed by atoms with Crippen LogP contribution < -0.4 is 0 Å². The predicted molar refractivity (Wildman–Crippen MR) is 80.6 cm³/mol. The Morgan fingerprint density at radius 2 is 1.83 bits per heavy atom. The topological polar surface area (TPSA) is 0 Å². The summed E-state index contributed by atoms with van der Waals surface area (Å²) in [5, 5.41) is 0. The summed E-state index contributed by atoms with van der Waals surface area (Å²) in [5.41, 5.74) is 0. The van der Waals surface area contributed by atoms with Gasteiger partial charge in [-0.25, -0.2) is 0 Å². The molecule has 0 N–H and O–H groups in total. The van der Waals surface area contributed by atoms with E-state index in [0.717, 1.165) is 35.5 Å².